The maximum absolute atomic E-state index is 12.4. The zero-order valence-electron chi connectivity index (χ0n) is 12.8. The number of hydrogen-bond acceptors (Lipinski definition) is 6. The molecule has 10 heteroatoms. The first kappa shape index (κ1) is 20.3. The van der Waals surface area contributed by atoms with Crippen LogP contribution in [-0.2, 0) is 14.3 Å². The molecule has 0 aliphatic carbocycles. The van der Waals surface area contributed by atoms with E-state index in [4.69, 9.17) is 44.3 Å². The second-order valence-corrected chi connectivity index (χ2v) is 8.39. The fraction of sp³-hybridized carbons (Fsp3) is 0.615. The van der Waals surface area contributed by atoms with Crippen LogP contribution in [0.3, 0.4) is 0 Å². The zero-order chi connectivity index (χ0) is 17.6. The van der Waals surface area contributed by atoms with Crippen molar-refractivity contribution in [2.24, 2.45) is 5.92 Å². The van der Waals surface area contributed by atoms with Gasteiger partial charge in [-0.1, -0.05) is 48.7 Å². The molecule has 0 aromatic carbocycles. The molecule has 0 saturated heterocycles. The summed E-state index contributed by atoms with van der Waals surface area (Å²) in [5.74, 6) is -0.423. The number of carbonyl (C=O) groups excluding carboxylic acids is 2. The fourth-order valence-corrected chi connectivity index (χ4v) is 2.61. The van der Waals surface area contributed by atoms with Gasteiger partial charge >= 0.3 is 12.1 Å². The van der Waals surface area contributed by atoms with Gasteiger partial charge in [-0.3, -0.25) is 4.90 Å². The number of aromatic nitrogens is 1. The summed E-state index contributed by atoms with van der Waals surface area (Å²) in [6.45, 7) is 3.41. The van der Waals surface area contributed by atoms with E-state index in [9.17, 15) is 9.59 Å². The predicted molar refractivity (Wildman–Crippen MR) is 91.5 cm³/mol. The lowest BCUT2D eigenvalue weighted by molar-refractivity contribution is -0.142. The first-order valence-electron chi connectivity index (χ1n) is 6.67. The van der Waals surface area contributed by atoms with Crippen LogP contribution in [0.15, 0.2) is 12.3 Å². The monoisotopic (exact) mass is 402 g/mol. The molecule has 0 radical (unpaired) electrons. The second-order valence-electron chi connectivity index (χ2n) is 5.06. The number of halogens is 3. The third-order valence-electron chi connectivity index (χ3n) is 2.70. The molecule has 130 valence electrons. The third kappa shape index (κ3) is 6.71. The molecule has 1 atom stereocenters. The summed E-state index contributed by atoms with van der Waals surface area (Å²) in [4.78, 5) is 25.7. The Morgan fingerprint density at radius 1 is 1.39 bits per heavy atom. The maximum Gasteiger partial charge on any atom is 0.415 e. The van der Waals surface area contributed by atoms with Crippen molar-refractivity contribution in [1.29, 1.82) is 0 Å². The summed E-state index contributed by atoms with van der Waals surface area (Å²) in [7, 11) is 1.26. The molecule has 1 heterocycles. The van der Waals surface area contributed by atoms with E-state index in [1.54, 1.807) is 6.07 Å². The Morgan fingerprint density at radius 3 is 2.48 bits per heavy atom. The number of nitrogens with zero attached hydrogens (tertiary/aromatic N) is 2. The number of amides is 1. The van der Waals surface area contributed by atoms with Crippen LogP contribution in [0.1, 0.15) is 20.3 Å². The molecule has 0 N–H and O–H groups in total. The van der Waals surface area contributed by atoms with Gasteiger partial charge in [-0.2, -0.15) is 4.37 Å². The molecule has 0 spiro atoms. The molecule has 0 bridgehead atoms. The number of alkyl halides is 3. The standard InChI is InChI=1S/C13H17Cl3N2O4S/c1-8(2)6-9(11(19)21-3)18(10-4-5-17-23-10)12(20)22-7-13(14,15)16/h4-5,8-9H,6-7H2,1-3H3. The van der Waals surface area contributed by atoms with E-state index in [1.807, 2.05) is 13.8 Å². The van der Waals surface area contributed by atoms with Crippen molar-refractivity contribution in [3.63, 3.8) is 0 Å². The van der Waals surface area contributed by atoms with Crippen molar-refractivity contribution in [3.05, 3.63) is 12.3 Å². The van der Waals surface area contributed by atoms with Crippen molar-refractivity contribution in [2.75, 3.05) is 18.6 Å². The summed E-state index contributed by atoms with van der Waals surface area (Å²) in [5, 5.41) is 0.440. The van der Waals surface area contributed by atoms with Crippen molar-refractivity contribution in [3.8, 4) is 0 Å². The number of methoxy groups -OCH3 is 1. The van der Waals surface area contributed by atoms with Crippen LogP contribution in [0.25, 0.3) is 0 Å². The molecule has 1 amide bonds. The van der Waals surface area contributed by atoms with Gasteiger partial charge < -0.3 is 9.47 Å². The van der Waals surface area contributed by atoms with Crippen LogP contribution < -0.4 is 4.90 Å². The average Bonchev–Trinajstić information content (AvgIpc) is 2.96. The highest BCUT2D eigenvalue weighted by atomic mass is 35.6. The molecule has 1 aromatic heterocycles. The maximum atomic E-state index is 12.4. The number of ether oxygens (including phenoxy) is 2. The third-order valence-corrected chi connectivity index (χ3v) is 3.77. The minimum atomic E-state index is -1.74. The predicted octanol–water partition coefficient (Wildman–Crippen LogP) is 4.04. The van der Waals surface area contributed by atoms with Gasteiger partial charge in [0.25, 0.3) is 0 Å². The highest BCUT2D eigenvalue weighted by Gasteiger charge is 2.35. The average molecular weight is 404 g/mol. The van der Waals surface area contributed by atoms with Gasteiger partial charge in [0.05, 0.1) is 7.11 Å². The summed E-state index contributed by atoms with van der Waals surface area (Å²) in [6, 6.07) is 0.737. The Morgan fingerprint density at radius 2 is 2.04 bits per heavy atom. The largest absolute Gasteiger partial charge is 0.467 e. The Labute approximate surface area is 153 Å². The molecular formula is C13H17Cl3N2O4S. The SMILES string of the molecule is COC(=O)C(CC(C)C)N(C(=O)OCC(Cl)(Cl)Cl)c1ccns1. The molecule has 0 fully saturated rings. The van der Waals surface area contributed by atoms with E-state index >= 15 is 0 Å². The molecule has 1 aromatic rings. The Hall–Kier alpha value is -0.760. The van der Waals surface area contributed by atoms with Gasteiger partial charge in [-0.15, -0.1) is 0 Å². The van der Waals surface area contributed by atoms with E-state index in [-0.39, 0.29) is 5.92 Å². The van der Waals surface area contributed by atoms with Crippen LogP contribution in [0.2, 0.25) is 0 Å². The van der Waals surface area contributed by atoms with Gasteiger partial charge in [0.2, 0.25) is 3.79 Å². The fourth-order valence-electron chi connectivity index (χ4n) is 1.81. The number of hydrogen-bond donors (Lipinski definition) is 0. The van der Waals surface area contributed by atoms with Crippen LogP contribution >= 0.6 is 46.3 Å². The van der Waals surface area contributed by atoms with Gasteiger partial charge in [-0.25, -0.2) is 9.59 Å². The Kier molecular flexibility index (Phi) is 7.86. The zero-order valence-corrected chi connectivity index (χ0v) is 15.9. The normalized spacial score (nSPS) is 12.8. The van der Waals surface area contributed by atoms with Crippen molar-refractivity contribution >= 4 is 63.4 Å². The van der Waals surface area contributed by atoms with Gasteiger partial charge in [-0.05, 0) is 29.9 Å². The molecule has 0 aliphatic rings. The quantitative estimate of drug-likeness (QED) is 0.529. The lowest BCUT2D eigenvalue weighted by Crippen LogP contribution is -2.47. The van der Waals surface area contributed by atoms with Gasteiger partial charge in [0.1, 0.15) is 17.6 Å². The van der Waals surface area contributed by atoms with Gasteiger partial charge in [0.15, 0.2) is 0 Å². The van der Waals surface area contributed by atoms with Gasteiger partial charge in [0, 0.05) is 6.20 Å². The van der Waals surface area contributed by atoms with Crippen LogP contribution in [0.4, 0.5) is 9.80 Å². The lowest BCUT2D eigenvalue weighted by atomic mass is 10.0. The smallest absolute Gasteiger partial charge is 0.415 e. The Balaban J connectivity index is 3.07. The molecule has 6 nitrogen and oxygen atoms in total. The molecular weight excluding hydrogens is 387 g/mol. The summed E-state index contributed by atoms with van der Waals surface area (Å²) in [5.41, 5.74) is 0. The van der Waals surface area contributed by atoms with Crippen molar-refractivity contribution in [1.82, 2.24) is 4.37 Å². The summed E-state index contributed by atoms with van der Waals surface area (Å²) in [6.07, 6.45) is 1.09. The van der Waals surface area contributed by atoms with E-state index in [0.29, 0.717) is 11.4 Å². The van der Waals surface area contributed by atoms with Crippen LogP contribution in [-0.4, -0.2) is 40.0 Å². The molecule has 0 aliphatic heterocycles. The van der Waals surface area contributed by atoms with E-state index < -0.39 is 28.5 Å². The van der Waals surface area contributed by atoms with Crippen LogP contribution in [0, 0.1) is 5.92 Å². The topological polar surface area (TPSA) is 68.7 Å². The van der Waals surface area contributed by atoms with Crippen LogP contribution in [0.5, 0.6) is 0 Å². The highest BCUT2D eigenvalue weighted by molar-refractivity contribution is 7.10. The second kappa shape index (κ2) is 8.92. The molecule has 0 saturated carbocycles. The van der Waals surface area contributed by atoms with E-state index in [1.165, 1.54) is 18.2 Å². The van der Waals surface area contributed by atoms with Crippen molar-refractivity contribution in [2.45, 2.75) is 30.1 Å². The number of carbonyl (C=O) groups is 2. The minimum absolute atomic E-state index is 0.135. The Bertz CT molecular complexity index is 520. The summed E-state index contributed by atoms with van der Waals surface area (Å²) < 4.78 is 12.0. The summed E-state index contributed by atoms with van der Waals surface area (Å²) >= 11 is 17.8. The number of esters is 1. The number of anilines is 1. The molecule has 23 heavy (non-hydrogen) atoms. The highest BCUT2D eigenvalue weighted by Crippen LogP contribution is 2.29. The first-order valence-corrected chi connectivity index (χ1v) is 8.57. The van der Waals surface area contributed by atoms with E-state index in [0.717, 1.165) is 11.5 Å². The molecule has 1 rings (SSSR count). The molecule has 1 unspecified atom stereocenters. The van der Waals surface area contributed by atoms with E-state index in [2.05, 4.69) is 4.37 Å². The lowest BCUT2D eigenvalue weighted by Gasteiger charge is -2.29. The minimum Gasteiger partial charge on any atom is -0.467 e. The number of rotatable bonds is 6. The first-order chi connectivity index (χ1) is 10.7. The van der Waals surface area contributed by atoms with Crippen molar-refractivity contribution < 1.29 is 19.1 Å².